The SMILES string of the molecule is CCOC(=O)c1ccoc1CN(C)CCCc1cc(-c2ccc(F)cc2)n[nH]1. The van der Waals surface area contributed by atoms with Gasteiger partial charge in [-0.1, -0.05) is 0 Å². The molecule has 1 aromatic carbocycles. The first-order valence-electron chi connectivity index (χ1n) is 9.29. The number of aromatic nitrogens is 2. The largest absolute Gasteiger partial charge is 0.467 e. The molecule has 0 amide bonds. The number of aromatic amines is 1. The Morgan fingerprint density at radius 1 is 1.29 bits per heavy atom. The van der Waals surface area contributed by atoms with Crippen molar-refractivity contribution in [3.8, 4) is 11.3 Å². The van der Waals surface area contributed by atoms with Gasteiger partial charge in [-0.05, 0) is 69.8 Å². The molecule has 0 unspecified atom stereocenters. The molecular formula is C21H24FN3O3. The Bertz CT molecular complexity index is 902. The van der Waals surface area contributed by atoms with Crippen molar-refractivity contribution in [1.29, 1.82) is 0 Å². The average Bonchev–Trinajstić information content (AvgIpc) is 3.32. The predicted molar refractivity (Wildman–Crippen MR) is 103 cm³/mol. The maximum Gasteiger partial charge on any atom is 0.341 e. The van der Waals surface area contributed by atoms with E-state index in [2.05, 4.69) is 15.1 Å². The molecule has 0 atom stereocenters. The molecule has 3 rings (SSSR count). The standard InChI is InChI=1S/C21H24FN3O3/c1-3-27-21(26)18-10-12-28-20(18)14-25(2)11-4-5-17-13-19(24-23-17)15-6-8-16(22)9-7-15/h6-10,12-13H,3-5,11,14H2,1-2H3,(H,23,24). The molecule has 6 nitrogen and oxygen atoms in total. The molecule has 0 aliphatic rings. The van der Waals surface area contributed by atoms with E-state index in [1.54, 1.807) is 25.1 Å². The molecule has 0 saturated carbocycles. The summed E-state index contributed by atoms with van der Waals surface area (Å²) in [6.07, 6.45) is 3.26. The fraction of sp³-hybridized carbons (Fsp3) is 0.333. The summed E-state index contributed by atoms with van der Waals surface area (Å²) in [6.45, 7) is 3.48. The van der Waals surface area contributed by atoms with Gasteiger partial charge in [0.15, 0.2) is 0 Å². The molecule has 2 aromatic heterocycles. The van der Waals surface area contributed by atoms with Crippen LogP contribution in [0.2, 0.25) is 0 Å². The van der Waals surface area contributed by atoms with Gasteiger partial charge in [0.05, 0.1) is 25.1 Å². The van der Waals surface area contributed by atoms with E-state index in [-0.39, 0.29) is 11.8 Å². The first kappa shape index (κ1) is 19.8. The summed E-state index contributed by atoms with van der Waals surface area (Å²) in [6, 6.07) is 9.91. The highest BCUT2D eigenvalue weighted by Crippen LogP contribution is 2.19. The number of aryl methyl sites for hydroxylation is 1. The smallest absolute Gasteiger partial charge is 0.341 e. The van der Waals surface area contributed by atoms with Crippen LogP contribution in [0.3, 0.4) is 0 Å². The van der Waals surface area contributed by atoms with Crippen LogP contribution in [0.4, 0.5) is 4.39 Å². The van der Waals surface area contributed by atoms with Crippen molar-refractivity contribution < 1.29 is 18.3 Å². The van der Waals surface area contributed by atoms with Crippen LogP contribution in [0, 0.1) is 5.82 Å². The second-order valence-electron chi connectivity index (χ2n) is 6.60. The van der Waals surface area contributed by atoms with Crippen molar-refractivity contribution in [2.24, 2.45) is 0 Å². The Balaban J connectivity index is 1.48. The van der Waals surface area contributed by atoms with E-state index >= 15 is 0 Å². The van der Waals surface area contributed by atoms with Gasteiger partial charge in [-0.15, -0.1) is 0 Å². The number of hydrogen-bond donors (Lipinski definition) is 1. The van der Waals surface area contributed by atoms with Gasteiger partial charge in [-0.2, -0.15) is 5.10 Å². The average molecular weight is 385 g/mol. The van der Waals surface area contributed by atoms with E-state index in [1.165, 1.54) is 18.4 Å². The minimum absolute atomic E-state index is 0.259. The summed E-state index contributed by atoms with van der Waals surface area (Å²) in [4.78, 5) is 14.0. The van der Waals surface area contributed by atoms with Crippen LogP contribution < -0.4 is 0 Å². The number of H-pyrrole nitrogens is 1. The van der Waals surface area contributed by atoms with Gasteiger partial charge in [-0.3, -0.25) is 10.00 Å². The van der Waals surface area contributed by atoms with Crippen molar-refractivity contribution in [2.75, 3.05) is 20.2 Å². The number of carbonyl (C=O) groups is 1. The predicted octanol–water partition coefficient (Wildman–Crippen LogP) is 4.05. The fourth-order valence-electron chi connectivity index (χ4n) is 2.98. The summed E-state index contributed by atoms with van der Waals surface area (Å²) in [5, 5.41) is 7.33. The van der Waals surface area contributed by atoms with Crippen molar-refractivity contribution in [1.82, 2.24) is 15.1 Å². The number of carbonyl (C=O) groups excluding carboxylic acids is 1. The molecule has 0 saturated heterocycles. The molecule has 7 heteroatoms. The van der Waals surface area contributed by atoms with Crippen LogP contribution in [0.5, 0.6) is 0 Å². The number of nitrogens with one attached hydrogen (secondary N) is 1. The Kier molecular flexibility index (Phi) is 6.60. The lowest BCUT2D eigenvalue weighted by molar-refractivity contribution is 0.0522. The number of furan rings is 1. The molecule has 0 radical (unpaired) electrons. The molecular weight excluding hydrogens is 361 g/mol. The van der Waals surface area contributed by atoms with E-state index in [0.717, 1.165) is 36.3 Å². The number of nitrogens with zero attached hydrogens (tertiary/aromatic N) is 2. The third-order valence-electron chi connectivity index (χ3n) is 4.41. The third kappa shape index (κ3) is 5.07. The zero-order valence-electron chi connectivity index (χ0n) is 16.1. The molecule has 148 valence electrons. The van der Waals surface area contributed by atoms with Gasteiger partial charge >= 0.3 is 5.97 Å². The molecule has 0 fully saturated rings. The molecule has 0 spiro atoms. The van der Waals surface area contributed by atoms with E-state index in [0.29, 0.717) is 24.5 Å². The van der Waals surface area contributed by atoms with E-state index in [4.69, 9.17) is 9.15 Å². The Labute approximate surface area is 163 Å². The van der Waals surface area contributed by atoms with E-state index < -0.39 is 0 Å². The first-order chi connectivity index (χ1) is 13.6. The highest BCUT2D eigenvalue weighted by Gasteiger charge is 2.17. The van der Waals surface area contributed by atoms with Gasteiger partial charge in [0.2, 0.25) is 0 Å². The second kappa shape index (κ2) is 9.32. The quantitative estimate of drug-likeness (QED) is 0.563. The molecule has 0 aliphatic carbocycles. The number of ether oxygens (including phenoxy) is 1. The second-order valence-corrected chi connectivity index (χ2v) is 6.60. The molecule has 0 aliphatic heterocycles. The monoisotopic (exact) mass is 385 g/mol. The zero-order chi connectivity index (χ0) is 19.9. The zero-order valence-corrected chi connectivity index (χ0v) is 16.1. The van der Waals surface area contributed by atoms with Crippen LogP contribution in [0.15, 0.2) is 47.1 Å². The molecule has 3 aromatic rings. The van der Waals surface area contributed by atoms with Gasteiger partial charge in [0.25, 0.3) is 0 Å². The molecule has 1 N–H and O–H groups in total. The highest BCUT2D eigenvalue weighted by molar-refractivity contribution is 5.90. The molecule has 28 heavy (non-hydrogen) atoms. The minimum atomic E-state index is -0.356. The van der Waals surface area contributed by atoms with Crippen molar-refractivity contribution in [3.63, 3.8) is 0 Å². The maximum absolute atomic E-state index is 13.0. The van der Waals surface area contributed by atoms with Gasteiger partial charge in [0.1, 0.15) is 17.1 Å². The van der Waals surface area contributed by atoms with Crippen LogP contribution in [0.25, 0.3) is 11.3 Å². The number of halogens is 1. The normalized spacial score (nSPS) is 11.1. The summed E-state index contributed by atoms with van der Waals surface area (Å²) < 4.78 is 23.5. The number of benzene rings is 1. The lowest BCUT2D eigenvalue weighted by atomic mass is 10.1. The minimum Gasteiger partial charge on any atom is -0.467 e. The van der Waals surface area contributed by atoms with Crippen molar-refractivity contribution >= 4 is 5.97 Å². The molecule has 0 bridgehead atoms. The first-order valence-corrected chi connectivity index (χ1v) is 9.29. The Morgan fingerprint density at radius 2 is 2.07 bits per heavy atom. The van der Waals surface area contributed by atoms with Gasteiger partial charge in [-0.25, -0.2) is 9.18 Å². The van der Waals surface area contributed by atoms with Crippen LogP contribution in [0.1, 0.15) is 35.2 Å². The molecule has 2 heterocycles. The van der Waals surface area contributed by atoms with Gasteiger partial charge in [0, 0.05) is 11.3 Å². The number of rotatable bonds is 9. The Morgan fingerprint density at radius 3 is 2.82 bits per heavy atom. The highest BCUT2D eigenvalue weighted by atomic mass is 19.1. The summed E-state index contributed by atoms with van der Waals surface area (Å²) in [5.41, 5.74) is 3.19. The maximum atomic E-state index is 13.0. The topological polar surface area (TPSA) is 71.4 Å². The van der Waals surface area contributed by atoms with E-state index in [1.807, 2.05) is 13.1 Å². The summed E-state index contributed by atoms with van der Waals surface area (Å²) in [5.74, 6) is -0.00302. The fourth-order valence-corrected chi connectivity index (χ4v) is 2.98. The van der Waals surface area contributed by atoms with Gasteiger partial charge < -0.3 is 9.15 Å². The van der Waals surface area contributed by atoms with Crippen LogP contribution >= 0.6 is 0 Å². The third-order valence-corrected chi connectivity index (χ3v) is 4.41. The Hall–Kier alpha value is -2.93. The number of esters is 1. The van der Waals surface area contributed by atoms with E-state index in [9.17, 15) is 9.18 Å². The van der Waals surface area contributed by atoms with Crippen molar-refractivity contribution in [2.45, 2.75) is 26.3 Å². The number of hydrogen-bond acceptors (Lipinski definition) is 5. The lowest BCUT2D eigenvalue weighted by Gasteiger charge is -2.15. The van der Waals surface area contributed by atoms with Crippen molar-refractivity contribution in [3.05, 3.63) is 65.5 Å². The lowest BCUT2D eigenvalue weighted by Crippen LogP contribution is -2.21. The van der Waals surface area contributed by atoms with Crippen LogP contribution in [-0.4, -0.2) is 41.3 Å². The summed E-state index contributed by atoms with van der Waals surface area (Å²) in [7, 11) is 1.98. The van der Waals surface area contributed by atoms with Crippen LogP contribution in [-0.2, 0) is 17.7 Å². The summed E-state index contributed by atoms with van der Waals surface area (Å²) >= 11 is 0.